The van der Waals surface area contributed by atoms with Crippen LogP contribution in [0.5, 0.6) is 5.75 Å². The van der Waals surface area contributed by atoms with Crippen LogP contribution in [0, 0.1) is 18.3 Å². The summed E-state index contributed by atoms with van der Waals surface area (Å²) in [5.74, 6) is 1.47. The van der Waals surface area contributed by atoms with Gasteiger partial charge in [-0.05, 0) is 43.2 Å². The Hall–Kier alpha value is -2.78. The molecule has 6 heteroatoms. The molecule has 0 aliphatic carbocycles. The lowest BCUT2D eigenvalue weighted by molar-refractivity contribution is 0.415. The highest BCUT2D eigenvalue weighted by atomic mass is 32.2. The first kappa shape index (κ1) is 17.1. The van der Waals surface area contributed by atoms with E-state index in [0.29, 0.717) is 17.4 Å². The molecule has 0 saturated heterocycles. The van der Waals surface area contributed by atoms with Gasteiger partial charge in [0.25, 0.3) is 0 Å². The highest BCUT2D eigenvalue weighted by molar-refractivity contribution is 8.00. The van der Waals surface area contributed by atoms with E-state index in [2.05, 4.69) is 52.4 Å². The number of aromatic amines is 1. The number of hydrogen-bond acceptors (Lipinski definition) is 5. The van der Waals surface area contributed by atoms with Crippen LogP contribution in [-0.2, 0) is 6.42 Å². The number of hydrogen-bond donors (Lipinski definition) is 1. The summed E-state index contributed by atoms with van der Waals surface area (Å²) in [6.07, 6.45) is 0.661. The Labute approximate surface area is 151 Å². The van der Waals surface area contributed by atoms with Gasteiger partial charge in [-0.1, -0.05) is 41.6 Å². The molecule has 0 aliphatic heterocycles. The van der Waals surface area contributed by atoms with E-state index in [1.165, 1.54) is 17.3 Å². The maximum atomic E-state index is 9.43. The molecule has 0 fully saturated rings. The lowest BCUT2D eigenvalue weighted by Crippen LogP contribution is -2.04. The average Bonchev–Trinajstić information content (AvgIpc) is 3.11. The first-order valence-corrected chi connectivity index (χ1v) is 8.74. The third-order valence-corrected chi connectivity index (χ3v) is 4.71. The molecule has 1 heterocycles. The Morgan fingerprint density at radius 1 is 1.16 bits per heavy atom. The van der Waals surface area contributed by atoms with Crippen LogP contribution in [-0.4, -0.2) is 27.5 Å². The molecule has 0 aliphatic rings. The summed E-state index contributed by atoms with van der Waals surface area (Å²) in [5.41, 5.74) is 3.27. The lowest BCUT2D eigenvalue weighted by atomic mass is 10.1. The van der Waals surface area contributed by atoms with Gasteiger partial charge in [-0.25, -0.2) is 4.98 Å². The standard InChI is InChI=1S/C19H18N4OS/c1-13-3-5-14(6-4-13)11-17(12-20)25-19-21-18(22-23-19)15-7-9-16(24-2)10-8-15/h3-10,17H,11H2,1-2H3,(H,21,22,23)/t17-/m1/s1. The molecule has 0 bridgehead atoms. The largest absolute Gasteiger partial charge is 0.497 e. The van der Waals surface area contributed by atoms with Gasteiger partial charge in [-0.15, -0.1) is 5.10 Å². The van der Waals surface area contributed by atoms with Crippen LogP contribution < -0.4 is 4.74 Å². The van der Waals surface area contributed by atoms with Crippen LogP contribution >= 0.6 is 11.8 Å². The SMILES string of the molecule is COc1ccc(-c2nc(S[C@@H](C#N)Cc3ccc(C)cc3)n[nH]2)cc1. The second-order valence-electron chi connectivity index (χ2n) is 5.62. The normalized spacial score (nSPS) is 11.7. The van der Waals surface area contributed by atoms with Crippen molar-refractivity contribution >= 4 is 11.8 Å². The molecule has 0 spiro atoms. The van der Waals surface area contributed by atoms with Gasteiger partial charge in [0, 0.05) is 5.56 Å². The van der Waals surface area contributed by atoms with Gasteiger partial charge in [-0.2, -0.15) is 5.26 Å². The maximum Gasteiger partial charge on any atom is 0.210 e. The van der Waals surface area contributed by atoms with E-state index < -0.39 is 0 Å². The topological polar surface area (TPSA) is 74.6 Å². The minimum atomic E-state index is -0.234. The number of aryl methyl sites for hydroxylation is 1. The van der Waals surface area contributed by atoms with Crippen molar-refractivity contribution in [3.8, 4) is 23.2 Å². The lowest BCUT2D eigenvalue weighted by Gasteiger charge is -2.06. The number of ether oxygens (including phenoxy) is 1. The van der Waals surface area contributed by atoms with Crippen LogP contribution in [0.3, 0.4) is 0 Å². The van der Waals surface area contributed by atoms with E-state index in [-0.39, 0.29) is 5.25 Å². The minimum absolute atomic E-state index is 0.234. The zero-order valence-electron chi connectivity index (χ0n) is 14.1. The number of H-pyrrole nitrogens is 1. The van der Waals surface area contributed by atoms with Gasteiger partial charge in [0.15, 0.2) is 5.82 Å². The summed E-state index contributed by atoms with van der Waals surface area (Å²) in [7, 11) is 1.63. The monoisotopic (exact) mass is 350 g/mol. The smallest absolute Gasteiger partial charge is 0.210 e. The van der Waals surface area contributed by atoms with Gasteiger partial charge in [0.05, 0.1) is 13.2 Å². The highest BCUT2D eigenvalue weighted by Crippen LogP contribution is 2.25. The third kappa shape index (κ3) is 4.40. The number of rotatable bonds is 6. The summed E-state index contributed by atoms with van der Waals surface area (Å²) < 4.78 is 5.15. The number of benzene rings is 2. The van der Waals surface area contributed by atoms with E-state index in [1.54, 1.807) is 7.11 Å². The number of nitriles is 1. The molecule has 3 rings (SSSR count). The van der Waals surface area contributed by atoms with Crippen molar-refractivity contribution in [3.63, 3.8) is 0 Å². The summed E-state index contributed by atoms with van der Waals surface area (Å²) in [6.45, 7) is 2.05. The fourth-order valence-corrected chi connectivity index (χ4v) is 3.18. The molecule has 3 aromatic rings. The van der Waals surface area contributed by atoms with Crippen LogP contribution in [0.25, 0.3) is 11.4 Å². The number of nitrogens with zero attached hydrogens (tertiary/aromatic N) is 3. The minimum Gasteiger partial charge on any atom is -0.497 e. The third-order valence-electron chi connectivity index (χ3n) is 3.76. The Kier molecular flexibility index (Phi) is 5.36. The van der Waals surface area contributed by atoms with Gasteiger partial charge in [0.1, 0.15) is 11.0 Å². The van der Waals surface area contributed by atoms with Crippen molar-refractivity contribution in [3.05, 3.63) is 59.7 Å². The first-order chi connectivity index (χ1) is 12.2. The van der Waals surface area contributed by atoms with Crippen LogP contribution in [0.2, 0.25) is 0 Å². The molecule has 25 heavy (non-hydrogen) atoms. The van der Waals surface area contributed by atoms with E-state index in [4.69, 9.17) is 4.74 Å². The van der Waals surface area contributed by atoms with Gasteiger partial charge < -0.3 is 4.74 Å². The quantitative estimate of drug-likeness (QED) is 0.680. The Balaban J connectivity index is 1.68. The van der Waals surface area contributed by atoms with Crippen LogP contribution in [0.4, 0.5) is 0 Å². The molecule has 0 saturated carbocycles. The summed E-state index contributed by atoms with van der Waals surface area (Å²) in [4.78, 5) is 4.48. The van der Waals surface area contributed by atoms with E-state index in [1.807, 2.05) is 24.3 Å². The van der Waals surface area contributed by atoms with Crippen molar-refractivity contribution in [2.75, 3.05) is 7.11 Å². The number of nitrogens with one attached hydrogen (secondary N) is 1. The molecule has 2 aromatic carbocycles. The average molecular weight is 350 g/mol. The van der Waals surface area contributed by atoms with E-state index in [9.17, 15) is 5.26 Å². The first-order valence-electron chi connectivity index (χ1n) is 7.86. The van der Waals surface area contributed by atoms with Crippen LogP contribution in [0.1, 0.15) is 11.1 Å². The summed E-state index contributed by atoms with van der Waals surface area (Å²) in [5, 5.41) is 16.9. The van der Waals surface area contributed by atoms with Crippen molar-refractivity contribution in [1.29, 1.82) is 5.26 Å². The van der Waals surface area contributed by atoms with E-state index >= 15 is 0 Å². The van der Waals surface area contributed by atoms with Crippen molar-refractivity contribution < 1.29 is 4.74 Å². The molecule has 126 valence electrons. The summed E-state index contributed by atoms with van der Waals surface area (Å²) >= 11 is 1.37. The van der Waals surface area contributed by atoms with E-state index in [0.717, 1.165) is 16.9 Å². The molecule has 5 nitrogen and oxygen atoms in total. The Morgan fingerprint density at radius 2 is 1.88 bits per heavy atom. The highest BCUT2D eigenvalue weighted by Gasteiger charge is 2.15. The van der Waals surface area contributed by atoms with Crippen molar-refractivity contribution in [1.82, 2.24) is 15.2 Å². The molecule has 0 amide bonds. The number of thioether (sulfide) groups is 1. The van der Waals surface area contributed by atoms with Gasteiger partial charge >= 0.3 is 0 Å². The predicted molar refractivity (Wildman–Crippen MR) is 98.5 cm³/mol. The second-order valence-corrected chi connectivity index (χ2v) is 6.79. The molecule has 0 radical (unpaired) electrons. The molecule has 0 unspecified atom stereocenters. The summed E-state index contributed by atoms with van der Waals surface area (Å²) in [6, 6.07) is 18.1. The Bertz CT molecular complexity index is 866. The predicted octanol–water partition coefficient (Wildman–Crippen LogP) is 4.02. The zero-order chi connectivity index (χ0) is 17.6. The van der Waals surface area contributed by atoms with Crippen molar-refractivity contribution in [2.24, 2.45) is 0 Å². The molecule has 1 atom stereocenters. The molecular weight excluding hydrogens is 332 g/mol. The molecule has 1 N–H and O–H groups in total. The Morgan fingerprint density at radius 3 is 2.52 bits per heavy atom. The molecule has 1 aromatic heterocycles. The number of methoxy groups -OCH3 is 1. The number of aromatic nitrogens is 3. The molecular formula is C19H18N4OS. The maximum absolute atomic E-state index is 9.43. The fraction of sp³-hybridized carbons (Fsp3) is 0.211. The zero-order valence-corrected chi connectivity index (χ0v) is 14.9. The second kappa shape index (κ2) is 7.86. The van der Waals surface area contributed by atoms with Crippen molar-refractivity contribution in [2.45, 2.75) is 23.8 Å². The van der Waals surface area contributed by atoms with Gasteiger partial charge in [-0.3, -0.25) is 5.10 Å². The van der Waals surface area contributed by atoms with Crippen LogP contribution in [0.15, 0.2) is 53.7 Å². The fourth-order valence-electron chi connectivity index (χ4n) is 2.36. The van der Waals surface area contributed by atoms with Gasteiger partial charge in [0.2, 0.25) is 5.16 Å².